The van der Waals surface area contributed by atoms with Crippen LogP contribution in [0.15, 0.2) is 18.2 Å². The molecule has 1 aromatic carbocycles. The summed E-state index contributed by atoms with van der Waals surface area (Å²) in [5.74, 6) is 0. The molecule has 1 N–H and O–H groups in total. The van der Waals surface area contributed by atoms with Gasteiger partial charge in [-0.05, 0) is 32.4 Å². The Morgan fingerprint density at radius 1 is 1.07 bits per heavy atom. The number of benzene rings is 1. The molecule has 0 heterocycles. The van der Waals surface area contributed by atoms with Crippen molar-refractivity contribution in [2.45, 2.75) is 40.2 Å². The SMILES string of the molecule is CCCCNCc1cc(C)cc(C)c1. The predicted molar refractivity (Wildman–Crippen MR) is 62.5 cm³/mol. The van der Waals surface area contributed by atoms with Crippen molar-refractivity contribution in [2.24, 2.45) is 0 Å². The number of rotatable bonds is 5. The molecule has 0 aromatic heterocycles. The van der Waals surface area contributed by atoms with Crippen LogP contribution in [0.4, 0.5) is 0 Å². The fourth-order valence-electron chi connectivity index (χ4n) is 1.71. The molecule has 0 unspecified atom stereocenters. The van der Waals surface area contributed by atoms with Gasteiger partial charge >= 0.3 is 0 Å². The zero-order valence-corrected chi connectivity index (χ0v) is 9.56. The number of unbranched alkanes of at least 4 members (excludes halogenated alkanes) is 1. The van der Waals surface area contributed by atoms with Crippen LogP contribution >= 0.6 is 0 Å². The van der Waals surface area contributed by atoms with Crippen LogP contribution in [-0.4, -0.2) is 6.54 Å². The Morgan fingerprint density at radius 2 is 1.71 bits per heavy atom. The summed E-state index contributed by atoms with van der Waals surface area (Å²) in [5, 5.41) is 3.46. The summed E-state index contributed by atoms with van der Waals surface area (Å²) in [5.41, 5.74) is 4.12. The Balaban J connectivity index is 2.42. The molecule has 0 fully saturated rings. The first-order valence-corrected chi connectivity index (χ1v) is 5.50. The van der Waals surface area contributed by atoms with E-state index in [0.29, 0.717) is 0 Å². The standard InChI is InChI=1S/C13H21N/c1-4-5-6-14-10-13-8-11(2)7-12(3)9-13/h7-9,14H,4-6,10H2,1-3H3. The molecule has 1 aromatic rings. The van der Waals surface area contributed by atoms with Gasteiger partial charge in [-0.3, -0.25) is 0 Å². The van der Waals surface area contributed by atoms with Gasteiger partial charge in [0.25, 0.3) is 0 Å². The predicted octanol–water partition coefficient (Wildman–Crippen LogP) is 3.19. The van der Waals surface area contributed by atoms with E-state index in [2.05, 4.69) is 44.3 Å². The van der Waals surface area contributed by atoms with E-state index >= 15 is 0 Å². The maximum atomic E-state index is 3.46. The van der Waals surface area contributed by atoms with Gasteiger partial charge < -0.3 is 5.32 Å². The second-order valence-corrected chi connectivity index (χ2v) is 4.03. The van der Waals surface area contributed by atoms with Crippen molar-refractivity contribution >= 4 is 0 Å². The van der Waals surface area contributed by atoms with Crippen LogP contribution in [0.1, 0.15) is 36.5 Å². The van der Waals surface area contributed by atoms with Crippen LogP contribution in [-0.2, 0) is 6.54 Å². The fraction of sp³-hybridized carbons (Fsp3) is 0.538. The normalized spacial score (nSPS) is 10.5. The summed E-state index contributed by atoms with van der Waals surface area (Å²) in [7, 11) is 0. The lowest BCUT2D eigenvalue weighted by Gasteiger charge is -2.06. The fourth-order valence-corrected chi connectivity index (χ4v) is 1.71. The molecule has 0 aliphatic carbocycles. The minimum absolute atomic E-state index is 1.00. The van der Waals surface area contributed by atoms with Crippen molar-refractivity contribution in [3.63, 3.8) is 0 Å². The third kappa shape index (κ3) is 3.93. The third-order valence-corrected chi connectivity index (χ3v) is 2.32. The number of hydrogen-bond acceptors (Lipinski definition) is 1. The average molecular weight is 191 g/mol. The van der Waals surface area contributed by atoms with Crippen LogP contribution in [0.3, 0.4) is 0 Å². The Hall–Kier alpha value is -0.820. The molecular formula is C13H21N. The first-order valence-electron chi connectivity index (χ1n) is 5.50. The smallest absolute Gasteiger partial charge is 0.0205 e. The zero-order valence-electron chi connectivity index (χ0n) is 9.56. The molecule has 0 saturated carbocycles. The number of hydrogen-bond donors (Lipinski definition) is 1. The average Bonchev–Trinajstić information content (AvgIpc) is 2.11. The van der Waals surface area contributed by atoms with Crippen LogP contribution in [0, 0.1) is 13.8 Å². The Labute approximate surface area is 87.5 Å². The Bertz CT molecular complexity index is 258. The second kappa shape index (κ2) is 5.82. The highest BCUT2D eigenvalue weighted by atomic mass is 14.8. The largest absolute Gasteiger partial charge is 0.313 e. The maximum absolute atomic E-state index is 3.46. The topological polar surface area (TPSA) is 12.0 Å². The summed E-state index contributed by atoms with van der Waals surface area (Å²) in [4.78, 5) is 0. The van der Waals surface area contributed by atoms with Gasteiger partial charge in [-0.25, -0.2) is 0 Å². The minimum atomic E-state index is 1.00. The monoisotopic (exact) mass is 191 g/mol. The highest BCUT2D eigenvalue weighted by Crippen LogP contribution is 2.08. The van der Waals surface area contributed by atoms with Crippen molar-refractivity contribution in [1.82, 2.24) is 5.32 Å². The maximum Gasteiger partial charge on any atom is 0.0205 e. The van der Waals surface area contributed by atoms with Crippen LogP contribution < -0.4 is 5.32 Å². The molecule has 0 spiro atoms. The van der Waals surface area contributed by atoms with E-state index in [-0.39, 0.29) is 0 Å². The molecule has 0 aliphatic rings. The minimum Gasteiger partial charge on any atom is -0.313 e. The third-order valence-electron chi connectivity index (χ3n) is 2.32. The van der Waals surface area contributed by atoms with E-state index in [1.54, 1.807) is 0 Å². The lowest BCUT2D eigenvalue weighted by molar-refractivity contribution is 0.641. The van der Waals surface area contributed by atoms with Gasteiger partial charge in [0.2, 0.25) is 0 Å². The highest BCUT2D eigenvalue weighted by Gasteiger charge is 1.95. The summed E-state index contributed by atoms with van der Waals surface area (Å²) in [6.07, 6.45) is 2.53. The van der Waals surface area contributed by atoms with E-state index in [1.165, 1.54) is 29.5 Å². The quantitative estimate of drug-likeness (QED) is 0.705. The van der Waals surface area contributed by atoms with Gasteiger partial charge in [-0.15, -0.1) is 0 Å². The van der Waals surface area contributed by atoms with Crippen molar-refractivity contribution in [2.75, 3.05) is 6.54 Å². The highest BCUT2D eigenvalue weighted by molar-refractivity contribution is 5.28. The Kier molecular flexibility index (Phi) is 4.68. The molecule has 1 heteroatoms. The van der Waals surface area contributed by atoms with Gasteiger partial charge in [0.05, 0.1) is 0 Å². The lowest BCUT2D eigenvalue weighted by atomic mass is 10.1. The van der Waals surface area contributed by atoms with E-state index in [4.69, 9.17) is 0 Å². The van der Waals surface area contributed by atoms with Crippen LogP contribution in [0.25, 0.3) is 0 Å². The van der Waals surface area contributed by atoms with Gasteiger partial charge in [0.15, 0.2) is 0 Å². The van der Waals surface area contributed by atoms with Crippen LogP contribution in [0.2, 0.25) is 0 Å². The molecule has 0 atom stereocenters. The van der Waals surface area contributed by atoms with Crippen molar-refractivity contribution < 1.29 is 0 Å². The summed E-state index contributed by atoms with van der Waals surface area (Å²) in [6.45, 7) is 8.66. The molecule has 0 bridgehead atoms. The van der Waals surface area contributed by atoms with E-state index in [1.807, 2.05) is 0 Å². The molecular weight excluding hydrogens is 170 g/mol. The van der Waals surface area contributed by atoms with Gasteiger partial charge in [0, 0.05) is 6.54 Å². The summed E-state index contributed by atoms with van der Waals surface area (Å²) >= 11 is 0. The van der Waals surface area contributed by atoms with Crippen molar-refractivity contribution in [3.05, 3.63) is 34.9 Å². The van der Waals surface area contributed by atoms with Gasteiger partial charge in [0.1, 0.15) is 0 Å². The molecule has 1 nitrogen and oxygen atoms in total. The molecule has 78 valence electrons. The first-order chi connectivity index (χ1) is 6.72. The first kappa shape index (κ1) is 11.3. The van der Waals surface area contributed by atoms with E-state index in [0.717, 1.165) is 13.1 Å². The van der Waals surface area contributed by atoms with E-state index < -0.39 is 0 Å². The zero-order chi connectivity index (χ0) is 10.4. The van der Waals surface area contributed by atoms with Crippen molar-refractivity contribution in [1.29, 1.82) is 0 Å². The molecule has 0 radical (unpaired) electrons. The van der Waals surface area contributed by atoms with Crippen molar-refractivity contribution in [3.8, 4) is 0 Å². The second-order valence-electron chi connectivity index (χ2n) is 4.03. The number of aryl methyl sites for hydroxylation is 2. The van der Waals surface area contributed by atoms with Gasteiger partial charge in [-0.1, -0.05) is 42.7 Å². The summed E-state index contributed by atoms with van der Waals surface area (Å²) in [6, 6.07) is 6.73. The number of nitrogens with one attached hydrogen (secondary N) is 1. The molecule has 14 heavy (non-hydrogen) atoms. The lowest BCUT2D eigenvalue weighted by Crippen LogP contribution is -2.14. The Morgan fingerprint density at radius 3 is 2.29 bits per heavy atom. The van der Waals surface area contributed by atoms with Gasteiger partial charge in [-0.2, -0.15) is 0 Å². The molecule has 0 amide bonds. The molecule has 0 aliphatic heterocycles. The van der Waals surface area contributed by atoms with E-state index in [9.17, 15) is 0 Å². The molecule has 0 saturated heterocycles. The van der Waals surface area contributed by atoms with Crippen LogP contribution in [0.5, 0.6) is 0 Å². The summed E-state index contributed by atoms with van der Waals surface area (Å²) < 4.78 is 0. The molecule has 1 rings (SSSR count).